The number of nitrogens with one attached hydrogen (secondary N) is 4. The number of imide groups is 1. The second-order valence-electron chi connectivity index (χ2n) is 17.6. The number of aliphatic imine (C=N–C) groups is 1. The SMILES string of the molecule is C=CN(c1ccc(CCCCCN2CCC(CN3CCN(Cc4ccc(-c5c[nH]c(NCC(CC)CC)c5C=NC=N)cc4)CC3)CC2)cc1N(C)C)C1CCC(=O)NC1=O. The van der Waals surface area contributed by atoms with Crippen LogP contribution in [0.25, 0.3) is 11.1 Å². The zero-order chi connectivity index (χ0) is 43.1. The van der Waals surface area contributed by atoms with Crippen LogP contribution in [0.5, 0.6) is 0 Å². The molecule has 3 aliphatic rings. The van der Waals surface area contributed by atoms with Crippen molar-refractivity contribution in [2.75, 3.05) is 88.1 Å². The Hall–Kier alpha value is -4.78. The molecule has 2 aromatic carbocycles. The number of aromatic nitrogens is 1. The van der Waals surface area contributed by atoms with Gasteiger partial charge < -0.3 is 29.9 Å². The predicted molar refractivity (Wildman–Crippen MR) is 253 cm³/mol. The molecule has 3 fully saturated rings. The number of piperidine rings is 2. The predicted octanol–water partition coefficient (Wildman–Crippen LogP) is 7.62. The van der Waals surface area contributed by atoms with Crippen LogP contribution < -0.4 is 20.4 Å². The third kappa shape index (κ3) is 12.6. The van der Waals surface area contributed by atoms with Gasteiger partial charge in [0.2, 0.25) is 11.8 Å². The van der Waals surface area contributed by atoms with E-state index in [4.69, 9.17) is 5.41 Å². The van der Waals surface area contributed by atoms with Gasteiger partial charge in [-0.3, -0.25) is 25.2 Å². The highest BCUT2D eigenvalue weighted by molar-refractivity contribution is 6.02. The minimum Gasteiger partial charge on any atom is -0.376 e. The normalized spacial score (nSPS) is 18.5. The molecule has 4 heterocycles. The highest BCUT2D eigenvalue weighted by atomic mass is 16.2. The number of anilines is 3. The Balaban J connectivity index is 0.870. The van der Waals surface area contributed by atoms with Crippen LogP contribution >= 0.6 is 0 Å². The van der Waals surface area contributed by atoms with E-state index in [9.17, 15) is 9.59 Å². The first kappa shape index (κ1) is 45.7. The summed E-state index contributed by atoms with van der Waals surface area (Å²) in [5, 5.41) is 13.5. The summed E-state index contributed by atoms with van der Waals surface area (Å²) < 4.78 is 0. The van der Waals surface area contributed by atoms with Gasteiger partial charge in [0, 0.05) is 89.9 Å². The Labute approximate surface area is 365 Å². The van der Waals surface area contributed by atoms with Crippen molar-refractivity contribution in [2.45, 2.75) is 90.6 Å². The molecule has 3 aromatic rings. The average Bonchev–Trinajstić information content (AvgIpc) is 3.68. The van der Waals surface area contributed by atoms with Gasteiger partial charge >= 0.3 is 0 Å². The smallest absolute Gasteiger partial charge is 0.249 e. The van der Waals surface area contributed by atoms with Crippen LogP contribution in [0.2, 0.25) is 0 Å². The lowest BCUT2D eigenvalue weighted by molar-refractivity contribution is -0.134. The Morgan fingerprint density at radius 1 is 0.902 bits per heavy atom. The van der Waals surface area contributed by atoms with Gasteiger partial charge in [-0.05, 0) is 105 Å². The number of likely N-dealkylation sites (tertiary alicyclic amines) is 1. The Morgan fingerprint density at radius 2 is 1.62 bits per heavy atom. The summed E-state index contributed by atoms with van der Waals surface area (Å²) in [6.07, 6.45) is 17.0. The molecule has 3 saturated heterocycles. The largest absolute Gasteiger partial charge is 0.376 e. The number of nitrogens with zero attached hydrogens (tertiary/aromatic N) is 6. The fraction of sp³-hybridized carbons (Fsp3) is 0.551. The van der Waals surface area contributed by atoms with Gasteiger partial charge in [-0.2, -0.15) is 0 Å². The molecule has 0 radical (unpaired) electrons. The number of hydrogen-bond donors (Lipinski definition) is 4. The molecule has 0 bridgehead atoms. The van der Waals surface area contributed by atoms with Crippen LogP contribution in [-0.2, 0) is 22.6 Å². The quantitative estimate of drug-likeness (QED) is 0.0353. The van der Waals surface area contributed by atoms with Gasteiger partial charge in [0.25, 0.3) is 0 Å². The van der Waals surface area contributed by atoms with Crippen molar-refractivity contribution in [3.8, 4) is 11.1 Å². The minimum absolute atomic E-state index is 0.208. The highest BCUT2D eigenvalue weighted by Gasteiger charge is 2.32. The first-order valence-electron chi connectivity index (χ1n) is 23.0. The number of amides is 2. The van der Waals surface area contributed by atoms with E-state index in [1.165, 1.54) is 63.0 Å². The summed E-state index contributed by atoms with van der Waals surface area (Å²) in [6, 6.07) is 15.1. The number of benzene rings is 2. The minimum atomic E-state index is -0.434. The number of carbonyl (C=O) groups excluding carboxylic acids is 2. The van der Waals surface area contributed by atoms with Crippen molar-refractivity contribution >= 4 is 41.6 Å². The summed E-state index contributed by atoms with van der Waals surface area (Å²) in [5.41, 5.74) is 7.90. The standard InChI is InChI=1S/C49H72N10O2/c1-6-37(7-2)31-52-48-43(32-51-36-50)42(33-53-48)41-16-13-39(14-17-41)34-57-26-28-58(29-27-57)35-40-21-24-56(25-22-40)23-11-9-10-12-38-15-18-44(46(30-38)55(4)5)59(8-3)45-19-20-47(60)54-49(45)61/h8,13-18,30,32-33,36-37,40,45,50,52-53H,3,6-7,9-12,19-29,31,34-35H2,1-2,4-5H3,(H,54,60,61). The van der Waals surface area contributed by atoms with E-state index >= 15 is 0 Å². The Bertz CT molecular complexity index is 1900. The zero-order valence-corrected chi connectivity index (χ0v) is 37.4. The first-order valence-corrected chi connectivity index (χ1v) is 23.0. The van der Waals surface area contributed by atoms with Crippen molar-refractivity contribution in [3.63, 3.8) is 0 Å². The van der Waals surface area contributed by atoms with Crippen molar-refractivity contribution in [1.29, 1.82) is 5.41 Å². The lowest BCUT2D eigenvalue weighted by Gasteiger charge is -2.39. The molecule has 4 N–H and O–H groups in total. The molecule has 12 nitrogen and oxygen atoms in total. The van der Waals surface area contributed by atoms with Crippen molar-refractivity contribution in [3.05, 3.63) is 78.1 Å². The van der Waals surface area contributed by atoms with E-state index in [0.29, 0.717) is 18.8 Å². The highest BCUT2D eigenvalue weighted by Crippen LogP contribution is 2.34. The van der Waals surface area contributed by atoms with Crippen LogP contribution in [0.3, 0.4) is 0 Å². The number of hydrogen-bond acceptors (Lipinski definition) is 9. The number of rotatable bonds is 22. The maximum atomic E-state index is 12.6. The van der Waals surface area contributed by atoms with Crippen LogP contribution in [0.4, 0.5) is 17.2 Å². The molecule has 0 saturated carbocycles. The Kier molecular flexibility index (Phi) is 17.2. The number of aryl methyl sites for hydroxylation is 1. The first-order chi connectivity index (χ1) is 29.7. The van der Waals surface area contributed by atoms with Gasteiger partial charge in [-0.15, -0.1) is 0 Å². The van der Waals surface area contributed by atoms with Crippen molar-refractivity contribution in [1.82, 2.24) is 25.0 Å². The van der Waals surface area contributed by atoms with Gasteiger partial charge in [0.05, 0.1) is 11.4 Å². The van der Waals surface area contributed by atoms with Crippen LogP contribution in [0.15, 0.2) is 66.4 Å². The number of H-pyrrole nitrogens is 1. The fourth-order valence-corrected chi connectivity index (χ4v) is 9.31. The molecule has 61 heavy (non-hydrogen) atoms. The molecule has 12 heteroatoms. The van der Waals surface area contributed by atoms with E-state index in [-0.39, 0.29) is 11.8 Å². The van der Waals surface area contributed by atoms with E-state index in [2.05, 4.69) is 109 Å². The fourth-order valence-electron chi connectivity index (χ4n) is 9.31. The summed E-state index contributed by atoms with van der Waals surface area (Å²) in [5.74, 6) is 1.93. The van der Waals surface area contributed by atoms with Gasteiger partial charge in [-0.1, -0.05) is 70.0 Å². The third-order valence-corrected chi connectivity index (χ3v) is 13.3. The molecule has 1 aromatic heterocycles. The van der Waals surface area contributed by atoms with Crippen LogP contribution in [-0.4, -0.2) is 123 Å². The molecule has 330 valence electrons. The van der Waals surface area contributed by atoms with E-state index in [0.717, 1.165) is 111 Å². The van der Waals surface area contributed by atoms with Gasteiger partial charge in [-0.25, -0.2) is 4.99 Å². The molecule has 2 amide bonds. The maximum absolute atomic E-state index is 12.6. The summed E-state index contributed by atoms with van der Waals surface area (Å²) >= 11 is 0. The topological polar surface area (TPSA) is 126 Å². The Morgan fingerprint density at radius 3 is 2.30 bits per heavy atom. The van der Waals surface area contributed by atoms with E-state index in [1.807, 2.05) is 19.0 Å². The van der Waals surface area contributed by atoms with Crippen LogP contribution in [0, 0.1) is 17.2 Å². The van der Waals surface area contributed by atoms with E-state index < -0.39 is 6.04 Å². The summed E-state index contributed by atoms with van der Waals surface area (Å²) in [6.45, 7) is 19.8. The molecule has 0 spiro atoms. The monoisotopic (exact) mass is 833 g/mol. The van der Waals surface area contributed by atoms with Gasteiger partial charge in [0.15, 0.2) is 0 Å². The second kappa shape index (κ2) is 22.9. The van der Waals surface area contributed by atoms with Crippen molar-refractivity contribution in [2.24, 2.45) is 16.8 Å². The summed E-state index contributed by atoms with van der Waals surface area (Å²) in [4.78, 5) is 43.9. The molecular formula is C49H72N10O2. The number of aromatic amines is 1. The van der Waals surface area contributed by atoms with Gasteiger partial charge in [0.1, 0.15) is 18.2 Å². The van der Waals surface area contributed by atoms with Crippen LogP contribution in [0.1, 0.15) is 88.3 Å². The molecule has 6 rings (SSSR count). The maximum Gasteiger partial charge on any atom is 0.249 e. The summed E-state index contributed by atoms with van der Waals surface area (Å²) in [7, 11) is 4.06. The average molecular weight is 833 g/mol. The molecule has 1 atom stereocenters. The third-order valence-electron chi connectivity index (χ3n) is 13.3. The van der Waals surface area contributed by atoms with E-state index in [1.54, 1.807) is 12.4 Å². The lowest BCUT2D eigenvalue weighted by atomic mass is 9.95. The number of piperazine rings is 1. The molecular weight excluding hydrogens is 761 g/mol. The second-order valence-corrected chi connectivity index (χ2v) is 17.6. The molecule has 1 unspecified atom stereocenters. The van der Waals surface area contributed by atoms with Crippen molar-refractivity contribution < 1.29 is 9.59 Å². The molecule has 0 aliphatic carbocycles. The lowest BCUT2D eigenvalue weighted by Crippen LogP contribution is -2.51. The number of carbonyl (C=O) groups is 2. The number of unbranched alkanes of at least 4 members (excludes halogenated alkanes) is 2. The zero-order valence-electron chi connectivity index (χ0n) is 37.4. The molecule has 3 aliphatic heterocycles.